The fourth-order valence-corrected chi connectivity index (χ4v) is 4.89. The van der Waals surface area contributed by atoms with Crippen molar-refractivity contribution < 1.29 is 36.6 Å². The van der Waals surface area contributed by atoms with Crippen molar-refractivity contribution in [3.05, 3.63) is 82.4 Å². The van der Waals surface area contributed by atoms with Crippen molar-refractivity contribution >= 4 is 11.8 Å². The zero-order valence-corrected chi connectivity index (χ0v) is 20.1. The minimum Gasteiger partial charge on any atom is -0.496 e. The summed E-state index contributed by atoms with van der Waals surface area (Å²) in [5.74, 6) is -3.43. The van der Waals surface area contributed by atoms with Crippen LogP contribution in [0.3, 0.4) is 0 Å². The second-order valence-corrected chi connectivity index (χ2v) is 8.86. The monoisotopic (exact) mass is 535 g/mol. The van der Waals surface area contributed by atoms with Crippen molar-refractivity contribution in [3.8, 4) is 5.75 Å². The molecule has 1 fully saturated rings. The number of rotatable bonds is 7. The van der Waals surface area contributed by atoms with Gasteiger partial charge in [0.15, 0.2) is 0 Å². The molecule has 4 rings (SSSR count). The molecule has 0 radical (unpaired) electrons. The Morgan fingerprint density at radius 2 is 1.89 bits per heavy atom. The average Bonchev–Trinajstić information content (AvgIpc) is 3.37. The predicted octanol–water partition coefficient (Wildman–Crippen LogP) is 2.53. The number of amides is 2. The highest BCUT2D eigenvalue weighted by Gasteiger charge is 2.67. The number of nitrogens with two attached hydrogens (primary N) is 2. The van der Waals surface area contributed by atoms with Gasteiger partial charge < -0.3 is 26.3 Å². The summed E-state index contributed by atoms with van der Waals surface area (Å²) in [5, 5.41) is 8.59. The Hall–Kier alpha value is -3.97. The molecule has 2 aromatic carbocycles. The third-order valence-electron chi connectivity index (χ3n) is 6.75. The number of H-pyrrole nitrogens is 1. The molecule has 3 aromatic rings. The molecule has 2 amide bonds. The van der Waals surface area contributed by atoms with E-state index < -0.39 is 59.0 Å². The molecular formula is C25H25F4N5O4. The Balaban J connectivity index is 1.63. The highest BCUT2D eigenvalue weighted by molar-refractivity contribution is 5.97. The van der Waals surface area contributed by atoms with Crippen LogP contribution < -0.4 is 21.5 Å². The Morgan fingerprint density at radius 1 is 1.18 bits per heavy atom. The van der Waals surface area contributed by atoms with E-state index in [0.29, 0.717) is 5.56 Å². The SMILES string of the molecule is COc1ccc(F)cc1C(=O)NCc1ccc(C2COCC(N)C2(c2[nH]ncc2C(N)=O)C(F)(F)F)cc1. The van der Waals surface area contributed by atoms with Gasteiger partial charge in [-0.25, -0.2) is 4.39 Å². The van der Waals surface area contributed by atoms with Crippen molar-refractivity contribution in [2.24, 2.45) is 11.5 Å². The van der Waals surface area contributed by atoms with Crippen LogP contribution in [0.25, 0.3) is 0 Å². The lowest BCUT2D eigenvalue weighted by atomic mass is 9.63. The number of nitrogens with one attached hydrogen (secondary N) is 2. The number of hydrogen-bond donors (Lipinski definition) is 4. The van der Waals surface area contributed by atoms with Gasteiger partial charge in [0, 0.05) is 18.5 Å². The van der Waals surface area contributed by atoms with Crippen LogP contribution in [0.4, 0.5) is 17.6 Å². The summed E-state index contributed by atoms with van der Waals surface area (Å²) in [4.78, 5) is 24.5. The third-order valence-corrected chi connectivity index (χ3v) is 6.75. The fourth-order valence-electron chi connectivity index (χ4n) is 4.89. The quantitative estimate of drug-likeness (QED) is 0.342. The molecule has 3 unspecified atom stereocenters. The molecule has 38 heavy (non-hydrogen) atoms. The van der Waals surface area contributed by atoms with Crippen LogP contribution in [0.2, 0.25) is 0 Å². The van der Waals surface area contributed by atoms with Gasteiger partial charge in [0.1, 0.15) is 17.0 Å². The summed E-state index contributed by atoms with van der Waals surface area (Å²) >= 11 is 0. The first-order valence-corrected chi connectivity index (χ1v) is 11.4. The number of nitrogens with zero attached hydrogens (tertiary/aromatic N) is 1. The molecule has 0 bridgehead atoms. The maximum absolute atomic E-state index is 14.9. The minimum absolute atomic E-state index is 0.00256. The van der Waals surface area contributed by atoms with Gasteiger partial charge in [0.25, 0.3) is 11.8 Å². The lowest BCUT2D eigenvalue weighted by molar-refractivity contribution is -0.225. The molecule has 6 N–H and O–H groups in total. The topological polar surface area (TPSA) is 145 Å². The second-order valence-electron chi connectivity index (χ2n) is 8.86. The number of aromatic amines is 1. The highest BCUT2D eigenvalue weighted by Crippen LogP contribution is 2.54. The number of primary amides is 1. The molecule has 2 heterocycles. The number of ether oxygens (including phenoxy) is 2. The smallest absolute Gasteiger partial charge is 0.402 e. The van der Waals surface area contributed by atoms with E-state index in [1.54, 1.807) is 12.1 Å². The van der Waals surface area contributed by atoms with Gasteiger partial charge in [-0.15, -0.1) is 0 Å². The van der Waals surface area contributed by atoms with Gasteiger partial charge in [0.05, 0.1) is 43.3 Å². The molecule has 1 aliphatic heterocycles. The number of carbonyl (C=O) groups excluding carboxylic acids is 2. The van der Waals surface area contributed by atoms with Crippen LogP contribution in [0, 0.1) is 5.82 Å². The highest BCUT2D eigenvalue weighted by atomic mass is 19.4. The largest absolute Gasteiger partial charge is 0.496 e. The van der Waals surface area contributed by atoms with Crippen LogP contribution in [-0.4, -0.2) is 54.6 Å². The number of methoxy groups -OCH3 is 1. The first kappa shape index (κ1) is 27.1. The van der Waals surface area contributed by atoms with Crippen molar-refractivity contribution in [1.29, 1.82) is 0 Å². The summed E-state index contributed by atoms with van der Waals surface area (Å²) in [5.41, 5.74) is 8.54. The number of carbonyl (C=O) groups is 2. The number of hydrogen-bond acceptors (Lipinski definition) is 6. The molecule has 0 aliphatic carbocycles. The van der Waals surface area contributed by atoms with Crippen LogP contribution >= 0.6 is 0 Å². The van der Waals surface area contributed by atoms with Gasteiger partial charge >= 0.3 is 6.18 Å². The summed E-state index contributed by atoms with van der Waals surface area (Å²) in [6, 6.07) is 7.98. The summed E-state index contributed by atoms with van der Waals surface area (Å²) in [6.45, 7) is -0.725. The third kappa shape index (κ3) is 4.70. The van der Waals surface area contributed by atoms with E-state index in [1.165, 1.54) is 25.3 Å². The maximum atomic E-state index is 14.9. The zero-order valence-electron chi connectivity index (χ0n) is 20.1. The van der Waals surface area contributed by atoms with Crippen LogP contribution in [0.1, 0.15) is 43.5 Å². The van der Waals surface area contributed by atoms with Crippen molar-refractivity contribution in [1.82, 2.24) is 15.5 Å². The molecule has 0 spiro atoms. The van der Waals surface area contributed by atoms with E-state index in [-0.39, 0.29) is 30.0 Å². The van der Waals surface area contributed by atoms with Gasteiger partial charge in [-0.2, -0.15) is 18.3 Å². The van der Waals surface area contributed by atoms with Crippen LogP contribution in [-0.2, 0) is 16.7 Å². The first-order chi connectivity index (χ1) is 18.0. The second kappa shape index (κ2) is 10.4. The van der Waals surface area contributed by atoms with E-state index in [4.69, 9.17) is 20.9 Å². The zero-order chi connectivity index (χ0) is 27.7. The standard InChI is InChI=1S/C25H25F4N5O4/c1-37-19-7-6-15(26)8-16(19)23(36)32-9-13-2-4-14(5-3-13)18-11-38-12-20(30)24(18,25(27,28)29)21-17(22(31)35)10-33-34-21/h2-8,10,18,20H,9,11-12,30H2,1H3,(H2,31,35)(H,32,36)(H,33,34). The number of halogens is 4. The van der Waals surface area contributed by atoms with Crippen molar-refractivity contribution in [3.63, 3.8) is 0 Å². The Labute approximate surface area is 214 Å². The van der Waals surface area contributed by atoms with E-state index >= 15 is 0 Å². The van der Waals surface area contributed by atoms with E-state index in [1.807, 2.05) is 0 Å². The molecule has 3 atom stereocenters. The van der Waals surface area contributed by atoms with E-state index in [0.717, 1.165) is 18.3 Å². The molecule has 0 saturated carbocycles. The summed E-state index contributed by atoms with van der Waals surface area (Å²) < 4.78 is 68.8. The molecule has 202 valence electrons. The molecule has 1 saturated heterocycles. The number of aromatic nitrogens is 2. The minimum atomic E-state index is -4.91. The molecule has 1 aromatic heterocycles. The lowest BCUT2D eigenvalue weighted by Crippen LogP contribution is -2.64. The van der Waals surface area contributed by atoms with Gasteiger partial charge in [-0.05, 0) is 29.3 Å². The van der Waals surface area contributed by atoms with Gasteiger partial charge in [-0.3, -0.25) is 14.7 Å². The van der Waals surface area contributed by atoms with Crippen LogP contribution in [0.5, 0.6) is 5.75 Å². The van der Waals surface area contributed by atoms with E-state index in [2.05, 4.69) is 15.5 Å². The Bertz CT molecular complexity index is 1330. The number of benzene rings is 2. The van der Waals surface area contributed by atoms with Crippen molar-refractivity contribution in [2.45, 2.75) is 30.1 Å². The first-order valence-electron chi connectivity index (χ1n) is 11.4. The van der Waals surface area contributed by atoms with Crippen molar-refractivity contribution in [2.75, 3.05) is 20.3 Å². The summed E-state index contributed by atoms with van der Waals surface area (Å²) in [6.07, 6.45) is -3.96. The lowest BCUT2D eigenvalue weighted by Gasteiger charge is -2.48. The molecule has 13 heteroatoms. The van der Waals surface area contributed by atoms with E-state index in [9.17, 15) is 27.2 Å². The van der Waals surface area contributed by atoms with Gasteiger partial charge in [0.2, 0.25) is 0 Å². The average molecular weight is 535 g/mol. The molecular weight excluding hydrogens is 510 g/mol. The Kier molecular flexibility index (Phi) is 7.42. The number of alkyl halides is 3. The Morgan fingerprint density at radius 3 is 2.53 bits per heavy atom. The normalized spacial score (nSPS) is 21.6. The van der Waals surface area contributed by atoms with Crippen LogP contribution in [0.15, 0.2) is 48.7 Å². The summed E-state index contributed by atoms with van der Waals surface area (Å²) in [7, 11) is 1.35. The molecule has 9 nitrogen and oxygen atoms in total. The van der Waals surface area contributed by atoms with Gasteiger partial charge in [-0.1, -0.05) is 24.3 Å². The molecule has 1 aliphatic rings. The maximum Gasteiger partial charge on any atom is 0.402 e. The predicted molar refractivity (Wildman–Crippen MR) is 127 cm³/mol. The fraction of sp³-hybridized carbons (Fsp3) is 0.320.